The molecule has 1 aliphatic heterocycles. The van der Waals surface area contributed by atoms with Gasteiger partial charge in [0.05, 0.1) is 6.04 Å². The van der Waals surface area contributed by atoms with Gasteiger partial charge in [0.25, 0.3) is 0 Å². The van der Waals surface area contributed by atoms with Crippen molar-refractivity contribution in [2.75, 3.05) is 13.1 Å². The highest BCUT2D eigenvalue weighted by Gasteiger charge is 2.31. The number of halogens is 1. The number of aromatic nitrogens is 1. The van der Waals surface area contributed by atoms with Crippen molar-refractivity contribution < 1.29 is 9.18 Å². The number of carbonyl (C=O) groups is 1. The molecule has 1 aromatic heterocycles. The number of aryl methyl sites for hydroxylation is 1. The lowest BCUT2D eigenvalue weighted by Crippen LogP contribution is -2.55. The first-order valence-electron chi connectivity index (χ1n) is 9.04. The molecule has 1 unspecified atom stereocenters. The molecule has 4 nitrogen and oxygen atoms in total. The summed E-state index contributed by atoms with van der Waals surface area (Å²) in [5.41, 5.74) is 3.19. The second-order valence-electron chi connectivity index (χ2n) is 6.78. The van der Waals surface area contributed by atoms with Crippen molar-refractivity contribution in [2.45, 2.75) is 24.8 Å². The van der Waals surface area contributed by atoms with Gasteiger partial charge in [-0.2, -0.15) is 0 Å². The number of piperazine rings is 1. The fourth-order valence-corrected chi connectivity index (χ4v) is 3.85. The van der Waals surface area contributed by atoms with Gasteiger partial charge in [0, 0.05) is 36.1 Å². The fourth-order valence-electron chi connectivity index (χ4n) is 3.85. The van der Waals surface area contributed by atoms with Gasteiger partial charge in [-0.25, -0.2) is 4.39 Å². The monoisotopic (exact) mass is 351 g/mol. The van der Waals surface area contributed by atoms with Crippen LogP contribution in [0.25, 0.3) is 10.9 Å². The molecule has 26 heavy (non-hydrogen) atoms. The zero-order valence-corrected chi connectivity index (χ0v) is 14.5. The van der Waals surface area contributed by atoms with E-state index < -0.39 is 0 Å². The molecule has 2 heterocycles. The third-order valence-electron chi connectivity index (χ3n) is 5.15. The Hall–Kier alpha value is -2.66. The average Bonchev–Trinajstić information content (AvgIpc) is 3.07. The van der Waals surface area contributed by atoms with Gasteiger partial charge in [-0.1, -0.05) is 30.3 Å². The summed E-state index contributed by atoms with van der Waals surface area (Å²) in [6.45, 7) is 1.36. The summed E-state index contributed by atoms with van der Waals surface area (Å²) in [7, 11) is 0. The summed E-state index contributed by atoms with van der Waals surface area (Å²) in [6.07, 6.45) is 3.61. The molecule has 1 saturated heterocycles. The van der Waals surface area contributed by atoms with Gasteiger partial charge in [0.2, 0.25) is 5.91 Å². The molecule has 0 spiro atoms. The molecule has 1 fully saturated rings. The summed E-state index contributed by atoms with van der Waals surface area (Å²) in [5.74, 6) is -0.361. The largest absolute Gasteiger partial charge is 0.361 e. The molecule has 5 heteroatoms. The van der Waals surface area contributed by atoms with Crippen LogP contribution in [0.2, 0.25) is 0 Å². The van der Waals surface area contributed by atoms with Crippen molar-refractivity contribution in [2.24, 2.45) is 0 Å². The van der Waals surface area contributed by atoms with Crippen molar-refractivity contribution >= 4 is 16.8 Å². The van der Waals surface area contributed by atoms with Crippen LogP contribution in [0.4, 0.5) is 4.39 Å². The van der Waals surface area contributed by atoms with E-state index in [1.54, 1.807) is 12.1 Å². The van der Waals surface area contributed by atoms with E-state index in [0.29, 0.717) is 6.54 Å². The van der Waals surface area contributed by atoms with Crippen LogP contribution in [-0.2, 0) is 11.2 Å². The van der Waals surface area contributed by atoms with Crippen molar-refractivity contribution in [3.63, 3.8) is 0 Å². The van der Waals surface area contributed by atoms with Gasteiger partial charge in [-0.05, 0) is 42.2 Å². The molecule has 0 saturated carbocycles. The number of fused-ring (bicyclic) bond motifs is 1. The number of hydrogen-bond acceptors (Lipinski definition) is 2. The van der Waals surface area contributed by atoms with Crippen molar-refractivity contribution in [3.05, 3.63) is 71.7 Å². The van der Waals surface area contributed by atoms with Crippen molar-refractivity contribution in [1.29, 1.82) is 0 Å². The first kappa shape index (κ1) is 16.8. The van der Waals surface area contributed by atoms with E-state index in [9.17, 15) is 9.18 Å². The second-order valence-corrected chi connectivity index (χ2v) is 6.78. The Morgan fingerprint density at radius 3 is 2.85 bits per heavy atom. The van der Waals surface area contributed by atoms with Crippen LogP contribution in [-0.4, -0.2) is 30.0 Å². The molecule has 134 valence electrons. The molecule has 1 aliphatic rings. The van der Waals surface area contributed by atoms with E-state index in [1.807, 2.05) is 24.4 Å². The zero-order valence-electron chi connectivity index (χ0n) is 14.5. The third kappa shape index (κ3) is 3.35. The van der Waals surface area contributed by atoms with Crippen LogP contribution in [0.3, 0.4) is 0 Å². The minimum atomic E-state index is -0.337. The molecule has 0 aliphatic carbocycles. The standard InChI is InChI=1S/C21H22FN3O/c22-16-5-3-4-14(12-16)18(20-21(26)24-11-10-23-20)9-8-15-13-25-19-7-2-1-6-17(15)19/h1-7,12-13,18,20,23,25H,8-11H2,(H,24,26)/t18?,20-/m1/s1. The Labute approximate surface area is 151 Å². The maximum Gasteiger partial charge on any atom is 0.237 e. The summed E-state index contributed by atoms with van der Waals surface area (Å²) < 4.78 is 13.8. The van der Waals surface area contributed by atoms with Crippen LogP contribution in [0.1, 0.15) is 23.5 Å². The average molecular weight is 351 g/mol. The molecular weight excluding hydrogens is 329 g/mol. The number of carbonyl (C=O) groups excluding carboxylic acids is 1. The van der Waals surface area contributed by atoms with Crippen LogP contribution in [0.5, 0.6) is 0 Å². The first-order chi connectivity index (χ1) is 12.7. The Morgan fingerprint density at radius 1 is 1.12 bits per heavy atom. The number of benzene rings is 2. The molecule has 3 aromatic rings. The Kier molecular flexibility index (Phi) is 4.71. The molecule has 4 rings (SSSR count). The van der Waals surface area contributed by atoms with Crippen LogP contribution in [0, 0.1) is 5.82 Å². The lowest BCUT2D eigenvalue weighted by atomic mass is 9.85. The highest BCUT2D eigenvalue weighted by atomic mass is 19.1. The fraction of sp³-hybridized carbons (Fsp3) is 0.286. The Morgan fingerprint density at radius 2 is 2.00 bits per heavy atom. The number of para-hydroxylation sites is 1. The highest BCUT2D eigenvalue weighted by Crippen LogP contribution is 2.29. The summed E-state index contributed by atoms with van der Waals surface area (Å²) in [4.78, 5) is 15.7. The van der Waals surface area contributed by atoms with Crippen LogP contribution >= 0.6 is 0 Å². The summed E-state index contributed by atoms with van der Waals surface area (Å²) >= 11 is 0. The normalized spacial score (nSPS) is 18.7. The smallest absolute Gasteiger partial charge is 0.237 e. The lowest BCUT2D eigenvalue weighted by molar-refractivity contribution is -0.124. The highest BCUT2D eigenvalue weighted by molar-refractivity contribution is 5.84. The maximum absolute atomic E-state index is 13.8. The molecule has 0 radical (unpaired) electrons. The van der Waals surface area contributed by atoms with Gasteiger partial charge in [-0.15, -0.1) is 0 Å². The topological polar surface area (TPSA) is 56.9 Å². The number of aromatic amines is 1. The van der Waals surface area contributed by atoms with Crippen molar-refractivity contribution in [3.8, 4) is 0 Å². The predicted octanol–water partition coefficient (Wildman–Crippen LogP) is 3.11. The molecule has 3 N–H and O–H groups in total. The number of hydrogen-bond donors (Lipinski definition) is 3. The quantitative estimate of drug-likeness (QED) is 0.662. The van der Waals surface area contributed by atoms with Gasteiger partial charge >= 0.3 is 0 Å². The Bertz CT molecular complexity index is 920. The van der Waals surface area contributed by atoms with Gasteiger partial charge in [-0.3, -0.25) is 4.79 Å². The SMILES string of the molecule is O=C1NCCN[C@@H]1C(CCc1c[nH]c2ccccc12)c1cccc(F)c1. The molecular formula is C21H22FN3O. The molecule has 0 bridgehead atoms. The van der Waals surface area contributed by atoms with Crippen molar-refractivity contribution in [1.82, 2.24) is 15.6 Å². The lowest BCUT2D eigenvalue weighted by Gasteiger charge is -2.31. The van der Waals surface area contributed by atoms with E-state index in [0.717, 1.165) is 30.5 Å². The maximum atomic E-state index is 13.8. The number of amides is 1. The zero-order chi connectivity index (χ0) is 17.9. The first-order valence-corrected chi connectivity index (χ1v) is 9.04. The predicted molar refractivity (Wildman–Crippen MR) is 101 cm³/mol. The molecule has 1 amide bonds. The summed E-state index contributed by atoms with van der Waals surface area (Å²) in [6, 6.07) is 14.5. The van der Waals surface area contributed by atoms with E-state index >= 15 is 0 Å². The number of rotatable bonds is 5. The van der Waals surface area contributed by atoms with Gasteiger partial charge in [0.15, 0.2) is 0 Å². The minimum Gasteiger partial charge on any atom is -0.361 e. The Balaban J connectivity index is 1.61. The number of nitrogens with one attached hydrogen (secondary N) is 3. The van der Waals surface area contributed by atoms with Crippen LogP contribution in [0.15, 0.2) is 54.7 Å². The third-order valence-corrected chi connectivity index (χ3v) is 5.15. The summed E-state index contributed by atoms with van der Waals surface area (Å²) in [5, 5.41) is 7.43. The molecule has 2 aromatic carbocycles. The van der Waals surface area contributed by atoms with Gasteiger partial charge in [0.1, 0.15) is 5.82 Å². The second kappa shape index (κ2) is 7.30. The number of H-pyrrole nitrogens is 1. The minimum absolute atomic E-state index is 0.00978. The van der Waals surface area contributed by atoms with Gasteiger partial charge < -0.3 is 15.6 Å². The van der Waals surface area contributed by atoms with Crippen LogP contribution < -0.4 is 10.6 Å². The van der Waals surface area contributed by atoms with E-state index in [-0.39, 0.29) is 23.7 Å². The van der Waals surface area contributed by atoms with E-state index in [2.05, 4.69) is 27.8 Å². The molecule has 2 atom stereocenters. The van der Waals surface area contributed by atoms with E-state index in [4.69, 9.17) is 0 Å². The van der Waals surface area contributed by atoms with E-state index in [1.165, 1.54) is 17.0 Å².